The van der Waals surface area contributed by atoms with Crippen molar-refractivity contribution in [2.45, 2.75) is 44.4 Å². The fraction of sp³-hybridized carbons (Fsp3) is 0.296. The highest BCUT2D eigenvalue weighted by Gasteiger charge is 2.29. The van der Waals surface area contributed by atoms with E-state index in [2.05, 4.69) is 12.2 Å². The molecule has 0 bridgehead atoms. The maximum absolute atomic E-state index is 13.4. The normalized spacial score (nSPS) is 13.3. The molecule has 0 fully saturated rings. The lowest BCUT2D eigenvalue weighted by atomic mass is 10.0. The molecule has 178 valence electrons. The van der Waals surface area contributed by atoms with Gasteiger partial charge in [-0.15, -0.1) is 0 Å². The van der Waals surface area contributed by atoms with Crippen LogP contribution in [0.3, 0.4) is 0 Å². The van der Waals surface area contributed by atoms with E-state index < -0.39 is 10.0 Å². The number of fused-ring (bicyclic) bond motifs is 1. The molecule has 1 N–H and O–H groups in total. The highest BCUT2D eigenvalue weighted by molar-refractivity contribution is 7.92. The number of benzene rings is 3. The third kappa shape index (κ3) is 5.25. The lowest BCUT2D eigenvalue weighted by Crippen LogP contribution is -2.35. The summed E-state index contributed by atoms with van der Waals surface area (Å²) in [7, 11) is -3.70. The maximum atomic E-state index is 13.4. The van der Waals surface area contributed by atoms with Crippen LogP contribution in [-0.4, -0.2) is 27.5 Å². The molecule has 7 heteroatoms. The number of hydrogen-bond acceptors (Lipinski definition) is 4. The molecule has 3 aromatic rings. The first kappa shape index (κ1) is 23.8. The molecular weight excluding hydrogens is 448 g/mol. The van der Waals surface area contributed by atoms with Crippen molar-refractivity contribution in [3.05, 3.63) is 83.4 Å². The van der Waals surface area contributed by atoms with Crippen LogP contribution in [0.5, 0.6) is 5.75 Å². The molecular formula is C27H30N2O4S. The van der Waals surface area contributed by atoms with Gasteiger partial charge in [-0.1, -0.05) is 37.1 Å². The van der Waals surface area contributed by atoms with Gasteiger partial charge in [-0.25, -0.2) is 8.42 Å². The van der Waals surface area contributed by atoms with Gasteiger partial charge in [-0.05, 0) is 80.3 Å². The van der Waals surface area contributed by atoms with E-state index in [-0.39, 0.29) is 10.8 Å². The monoisotopic (exact) mass is 478 g/mol. The second-order valence-corrected chi connectivity index (χ2v) is 10.4. The van der Waals surface area contributed by atoms with E-state index in [4.69, 9.17) is 4.74 Å². The van der Waals surface area contributed by atoms with Crippen molar-refractivity contribution < 1.29 is 17.9 Å². The number of nitrogens with one attached hydrogen (secondary N) is 1. The number of anilines is 2. The van der Waals surface area contributed by atoms with Crippen molar-refractivity contribution in [2.75, 3.05) is 22.8 Å². The summed E-state index contributed by atoms with van der Waals surface area (Å²) in [6, 6.07) is 19.4. The Labute approximate surface area is 201 Å². The summed E-state index contributed by atoms with van der Waals surface area (Å²) in [5.74, 6) is 0.472. The summed E-state index contributed by atoms with van der Waals surface area (Å²) in [6.07, 6.45) is 3.58. The smallest absolute Gasteiger partial charge is 0.264 e. The molecule has 0 spiro atoms. The van der Waals surface area contributed by atoms with Gasteiger partial charge in [0.2, 0.25) is 0 Å². The molecule has 6 nitrogen and oxygen atoms in total. The first-order valence-electron chi connectivity index (χ1n) is 11.6. The molecule has 0 atom stereocenters. The minimum Gasteiger partial charge on any atom is -0.494 e. The molecule has 34 heavy (non-hydrogen) atoms. The molecule has 0 aromatic heterocycles. The summed E-state index contributed by atoms with van der Waals surface area (Å²) < 4.78 is 33.8. The van der Waals surface area contributed by atoms with Crippen LogP contribution in [-0.2, 0) is 16.4 Å². The number of sulfonamides is 1. The van der Waals surface area contributed by atoms with Crippen LogP contribution < -0.4 is 14.4 Å². The van der Waals surface area contributed by atoms with Gasteiger partial charge in [-0.3, -0.25) is 9.10 Å². The molecule has 0 saturated carbocycles. The van der Waals surface area contributed by atoms with Gasteiger partial charge in [0.25, 0.3) is 15.9 Å². The lowest BCUT2D eigenvalue weighted by Gasteiger charge is -2.31. The Hall–Kier alpha value is -3.32. The van der Waals surface area contributed by atoms with Crippen molar-refractivity contribution in [2.24, 2.45) is 0 Å². The quantitative estimate of drug-likeness (QED) is 0.430. The van der Waals surface area contributed by atoms with Crippen LogP contribution in [0.15, 0.2) is 71.6 Å². The number of carbonyl (C=O) groups is 1. The summed E-state index contributed by atoms with van der Waals surface area (Å²) in [5.41, 5.74) is 3.63. The molecule has 3 aromatic carbocycles. The fourth-order valence-electron chi connectivity index (χ4n) is 3.95. The molecule has 1 amide bonds. The first-order valence-corrected chi connectivity index (χ1v) is 13.1. The molecule has 0 saturated heterocycles. The third-order valence-corrected chi connectivity index (χ3v) is 7.74. The van der Waals surface area contributed by atoms with Gasteiger partial charge in [0.05, 0.1) is 17.2 Å². The van der Waals surface area contributed by atoms with Crippen LogP contribution >= 0.6 is 0 Å². The van der Waals surface area contributed by atoms with Crippen LogP contribution in [0.2, 0.25) is 0 Å². The number of hydrogen-bond donors (Lipinski definition) is 1. The van der Waals surface area contributed by atoms with Crippen molar-refractivity contribution >= 4 is 27.3 Å². The van der Waals surface area contributed by atoms with Gasteiger partial charge in [-0.2, -0.15) is 0 Å². The highest BCUT2D eigenvalue weighted by atomic mass is 32.2. The summed E-state index contributed by atoms with van der Waals surface area (Å²) in [5, 5.41) is 2.90. The van der Waals surface area contributed by atoms with Gasteiger partial charge in [0.1, 0.15) is 5.75 Å². The highest BCUT2D eigenvalue weighted by Crippen LogP contribution is 2.34. The standard InChI is InChI=1S/C27H30N2O4S/c1-3-4-18-33-24-13-10-22(11-14-24)27(30)28-23-12-9-21-6-5-17-29(26(21)19-23)34(31,32)25-15-7-20(2)8-16-25/h7-16,19H,3-6,17-18H2,1-2H3,(H,28,30). The minimum absolute atomic E-state index is 0.260. The van der Waals surface area contributed by atoms with E-state index in [0.717, 1.165) is 42.6 Å². The zero-order chi connectivity index (χ0) is 24.1. The number of nitrogens with zero attached hydrogens (tertiary/aromatic N) is 1. The van der Waals surface area contributed by atoms with Crippen molar-refractivity contribution in [3.63, 3.8) is 0 Å². The van der Waals surface area contributed by atoms with E-state index in [9.17, 15) is 13.2 Å². The Morgan fingerprint density at radius 2 is 1.76 bits per heavy atom. The van der Waals surface area contributed by atoms with Gasteiger partial charge < -0.3 is 10.1 Å². The molecule has 0 radical (unpaired) electrons. The Morgan fingerprint density at radius 1 is 1.03 bits per heavy atom. The van der Waals surface area contributed by atoms with Crippen LogP contribution in [0.1, 0.15) is 47.7 Å². The van der Waals surface area contributed by atoms with E-state index in [0.29, 0.717) is 30.1 Å². The summed E-state index contributed by atoms with van der Waals surface area (Å²) in [4.78, 5) is 13.1. The van der Waals surface area contributed by atoms with E-state index >= 15 is 0 Å². The molecule has 1 aliphatic rings. The van der Waals surface area contributed by atoms with E-state index in [1.807, 2.05) is 19.1 Å². The van der Waals surface area contributed by atoms with Crippen LogP contribution in [0.4, 0.5) is 11.4 Å². The van der Waals surface area contributed by atoms with Gasteiger partial charge in [0, 0.05) is 17.8 Å². The van der Waals surface area contributed by atoms with Crippen molar-refractivity contribution in [1.29, 1.82) is 0 Å². The summed E-state index contributed by atoms with van der Waals surface area (Å²) >= 11 is 0. The predicted octanol–water partition coefficient (Wildman–Crippen LogP) is 5.57. The SMILES string of the molecule is CCCCOc1ccc(C(=O)Nc2ccc3c(c2)N(S(=O)(=O)c2ccc(C)cc2)CCC3)cc1. The molecule has 0 unspecified atom stereocenters. The van der Waals surface area contributed by atoms with Gasteiger partial charge in [0.15, 0.2) is 0 Å². The third-order valence-electron chi connectivity index (χ3n) is 5.91. The number of rotatable bonds is 8. The van der Waals surface area contributed by atoms with Crippen LogP contribution in [0, 0.1) is 6.92 Å². The Kier molecular flexibility index (Phi) is 7.22. The topological polar surface area (TPSA) is 75.7 Å². The zero-order valence-electron chi connectivity index (χ0n) is 19.6. The first-order chi connectivity index (χ1) is 16.4. The lowest BCUT2D eigenvalue weighted by molar-refractivity contribution is 0.102. The van der Waals surface area contributed by atoms with E-state index in [1.165, 1.54) is 4.31 Å². The average molecular weight is 479 g/mol. The minimum atomic E-state index is -3.70. The number of aryl methyl sites for hydroxylation is 2. The fourth-order valence-corrected chi connectivity index (χ4v) is 5.48. The summed E-state index contributed by atoms with van der Waals surface area (Å²) in [6.45, 7) is 5.09. The Balaban J connectivity index is 1.53. The Morgan fingerprint density at radius 3 is 2.47 bits per heavy atom. The molecule has 1 aliphatic heterocycles. The number of carbonyl (C=O) groups excluding carboxylic acids is 1. The molecule has 0 aliphatic carbocycles. The van der Waals surface area contributed by atoms with Crippen molar-refractivity contribution in [1.82, 2.24) is 0 Å². The second kappa shape index (κ2) is 10.3. The molecule has 1 heterocycles. The van der Waals surface area contributed by atoms with Crippen LogP contribution in [0.25, 0.3) is 0 Å². The average Bonchev–Trinajstić information content (AvgIpc) is 2.84. The van der Waals surface area contributed by atoms with Crippen molar-refractivity contribution in [3.8, 4) is 5.75 Å². The predicted molar refractivity (Wildman–Crippen MR) is 135 cm³/mol. The molecule has 4 rings (SSSR count). The number of ether oxygens (including phenoxy) is 1. The number of amides is 1. The number of unbranched alkanes of at least 4 members (excludes halogenated alkanes) is 1. The largest absolute Gasteiger partial charge is 0.494 e. The maximum Gasteiger partial charge on any atom is 0.264 e. The second-order valence-electron chi connectivity index (χ2n) is 8.52. The van der Waals surface area contributed by atoms with E-state index in [1.54, 1.807) is 54.6 Å². The van der Waals surface area contributed by atoms with Gasteiger partial charge >= 0.3 is 0 Å². The zero-order valence-corrected chi connectivity index (χ0v) is 20.4. The Bertz CT molecular complexity index is 1250.